The monoisotopic (exact) mass is 378 g/mol. The highest BCUT2D eigenvalue weighted by Crippen LogP contribution is 2.29. The average molecular weight is 378 g/mol. The zero-order chi connectivity index (χ0) is 19.9. The standard InChI is InChI=1S/C17H20F2N6O2/c1-17(2,3)22-16(27)24-6-7-25-10(8-24)12(15(20)26)13(23-25)9-4-5-11(18)21-14(9)19/h4-5H,6-8H2,1-3H3,(H2,20,26)(H,22,27). The van der Waals surface area contributed by atoms with Gasteiger partial charge in [-0.3, -0.25) is 9.48 Å². The van der Waals surface area contributed by atoms with Crippen molar-refractivity contribution >= 4 is 11.9 Å². The second-order valence-corrected chi connectivity index (χ2v) is 7.33. The number of urea groups is 1. The molecule has 3 amide bonds. The summed E-state index contributed by atoms with van der Waals surface area (Å²) >= 11 is 0. The Morgan fingerprint density at radius 3 is 2.52 bits per heavy atom. The van der Waals surface area contributed by atoms with Crippen molar-refractivity contribution in [3.63, 3.8) is 0 Å². The van der Waals surface area contributed by atoms with Crippen LogP contribution in [0.4, 0.5) is 13.6 Å². The third-order valence-electron chi connectivity index (χ3n) is 4.07. The van der Waals surface area contributed by atoms with Gasteiger partial charge in [0.25, 0.3) is 5.91 Å². The summed E-state index contributed by atoms with van der Waals surface area (Å²) in [4.78, 5) is 29.1. The predicted molar refractivity (Wildman–Crippen MR) is 92.6 cm³/mol. The Balaban J connectivity index is 2.00. The van der Waals surface area contributed by atoms with Crippen molar-refractivity contribution in [3.05, 3.63) is 35.3 Å². The van der Waals surface area contributed by atoms with Gasteiger partial charge in [-0.15, -0.1) is 0 Å². The molecule has 27 heavy (non-hydrogen) atoms. The Morgan fingerprint density at radius 2 is 1.93 bits per heavy atom. The number of hydrogen-bond acceptors (Lipinski definition) is 4. The molecule has 1 aliphatic heterocycles. The first-order valence-corrected chi connectivity index (χ1v) is 8.36. The van der Waals surface area contributed by atoms with Crippen molar-refractivity contribution < 1.29 is 18.4 Å². The lowest BCUT2D eigenvalue weighted by Gasteiger charge is -2.31. The summed E-state index contributed by atoms with van der Waals surface area (Å²) in [6.45, 7) is 6.33. The molecule has 10 heteroatoms. The molecule has 0 aliphatic carbocycles. The highest BCUT2D eigenvalue weighted by molar-refractivity contribution is 6.00. The van der Waals surface area contributed by atoms with Gasteiger partial charge in [0.1, 0.15) is 5.69 Å². The number of carbonyl (C=O) groups is 2. The first-order chi connectivity index (χ1) is 12.6. The van der Waals surface area contributed by atoms with E-state index in [-0.39, 0.29) is 29.4 Å². The van der Waals surface area contributed by atoms with Crippen molar-refractivity contribution in [1.82, 2.24) is 25.0 Å². The van der Waals surface area contributed by atoms with Gasteiger partial charge in [0.05, 0.1) is 29.9 Å². The van der Waals surface area contributed by atoms with Crippen LogP contribution in [0.1, 0.15) is 36.8 Å². The molecular weight excluding hydrogens is 358 g/mol. The second kappa shape index (κ2) is 6.60. The molecule has 0 bridgehead atoms. The quantitative estimate of drug-likeness (QED) is 0.775. The van der Waals surface area contributed by atoms with E-state index < -0.39 is 23.3 Å². The molecule has 0 aromatic carbocycles. The third-order valence-corrected chi connectivity index (χ3v) is 4.07. The molecule has 2 aromatic heterocycles. The number of halogens is 2. The number of amides is 3. The largest absolute Gasteiger partial charge is 0.365 e. The van der Waals surface area contributed by atoms with Crippen molar-refractivity contribution in [2.75, 3.05) is 6.54 Å². The second-order valence-electron chi connectivity index (χ2n) is 7.33. The van der Waals surface area contributed by atoms with E-state index in [9.17, 15) is 18.4 Å². The van der Waals surface area contributed by atoms with Gasteiger partial charge in [0, 0.05) is 12.1 Å². The van der Waals surface area contributed by atoms with E-state index in [2.05, 4.69) is 15.4 Å². The third kappa shape index (κ3) is 3.74. The van der Waals surface area contributed by atoms with Crippen molar-refractivity contribution in [2.45, 2.75) is 39.4 Å². The number of aromatic nitrogens is 3. The van der Waals surface area contributed by atoms with Crippen LogP contribution >= 0.6 is 0 Å². The Morgan fingerprint density at radius 1 is 1.22 bits per heavy atom. The molecule has 2 aromatic rings. The van der Waals surface area contributed by atoms with Gasteiger partial charge >= 0.3 is 6.03 Å². The fourth-order valence-electron chi connectivity index (χ4n) is 2.93. The van der Waals surface area contributed by atoms with Crippen LogP contribution in [0.5, 0.6) is 0 Å². The molecule has 0 radical (unpaired) electrons. The maximum atomic E-state index is 14.1. The first-order valence-electron chi connectivity index (χ1n) is 8.36. The van der Waals surface area contributed by atoms with Crippen LogP contribution in [0.2, 0.25) is 0 Å². The van der Waals surface area contributed by atoms with Gasteiger partial charge < -0.3 is 16.0 Å². The Kier molecular flexibility index (Phi) is 4.58. The molecule has 3 N–H and O–H groups in total. The number of pyridine rings is 1. The molecule has 3 rings (SSSR count). The number of nitrogens with one attached hydrogen (secondary N) is 1. The van der Waals surface area contributed by atoms with Crippen LogP contribution in [0.15, 0.2) is 12.1 Å². The maximum absolute atomic E-state index is 14.1. The molecular formula is C17H20F2N6O2. The van der Waals surface area contributed by atoms with Gasteiger partial charge in [-0.05, 0) is 32.9 Å². The fraction of sp³-hybridized carbons (Fsp3) is 0.412. The number of nitrogens with two attached hydrogens (primary N) is 1. The number of nitrogens with zero attached hydrogens (tertiary/aromatic N) is 4. The number of carbonyl (C=O) groups excluding carboxylic acids is 2. The summed E-state index contributed by atoms with van der Waals surface area (Å²) in [6, 6.07) is 1.84. The van der Waals surface area contributed by atoms with Gasteiger partial charge in [0.15, 0.2) is 0 Å². The Bertz CT molecular complexity index is 919. The Labute approximate surface area is 154 Å². The van der Waals surface area contributed by atoms with E-state index in [1.54, 1.807) is 0 Å². The van der Waals surface area contributed by atoms with Gasteiger partial charge in [-0.25, -0.2) is 4.79 Å². The molecule has 1 aliphatic rings. The van der Waals surface area contributed by atoms with Crippen LogP contribution in [-0.2, 0) is 13.1 Å². The van der Waals surface area contributed by atoms with E-state index in [4.69, 9.17) is 5.73 Å². The minimum Gasteiger partial charge on any atom is -0.365 e. The lowest BCUT2D eigenvalue weighted by molar-refractivity contribution is 0.0997. The summed E-state index contributed by atoms with van der Waals surface area (Å²) < 4.78 is 28.7. The van der Waals surface area contributed by atoms with E-state index in [1.165, 1.54) is 9.58 Å². The molecule has 0 saturated carbocycles. The summed E-state index contributed by atoms with van der Waals surface area (Å²) in [6.07, 6.45) is 0. The first kappa shape index (κ1) is 18.7. The molecule has 144 valence electrons. The molecule has 0 saturated heterocycles. The van der Waals surface area contributed by atoms with E-state index >= 15 is 0 Å². The van der Waals surface area contributed by atoms with Gasteiger partial charge in [0.2, 0.25) is 11.9 Å². The highest BCUT2D eigenvalue weighted by Gasteiger charge is 2.31. The van der Waals surface area contributed by atoms with Crippen LogP contribution in [0.25, 0.3) is 11.3 Å². The lowest BCUT2D eigenvalue weighted by atomic mass is 10.1. The topological polar surface area (TPSA) is 106 Å². The molecule has 0 atom stereocenters. The molecule has 0 unspecified atom stereocenters. The normalized spacial score (nSPS) is 14.0. The van der Waals surface area contributed by atoms with Crippen molar-refractivity contribution in [3.8, 4) is 11.3 Å². The smallest absolute Gasteiger partial charge is 0.318 e. The van der Waals surface area contributed by atoms with E-state index in [1.807, 2.05) is 20.8 Å². The lowest BCUT2D eigenvalue weighted by Crippen LogP contribution is -2.50. The van der Waals surface area contributed by atoms with E-state index in [0.717, 1.165) is 12.1 Å². The van der Waals surface area contributed by atoms with Crippen molar-refractivity contribution in [2.24, 2.45) is 5.73 Å². The zero-order valence-corrected chi connectivity index (χ0v) is 15.2. The van der Waals surface area contributed by atoms with Crippen LogP contribution in [0, 0.1) is 11.9 Å². The number of primary amides is 1. The zero-order valence-electron chi connectivity index (χ0n) is 15.2. The maximum Gasteiger partial charge on any atom is 0.318 e. The van der Waals surface area contributed by atoms with Crippen LogP contribution < -0.4 is 11.1 Å². The molecule has 0 fully saturated rings. The number of fused-ring (bicyclic) bond motifs is 1. The van der Waals surface area contributed by atoms with Crippen LogP contribution in [-0.4, -0.2) is 43.7 Å². The Hall–Kier alpha value is -3.04. The highest BCUT2D eigenvalue weighted by atomic mass is 19.1. The van der Waals surface area contributed by atoms with E-state index in [0.29, 0.717) is 18.8 Å². The molecule has 8 nitrogen and oxygen atoms in total. The SMILES string of the molecule is CC(C)(C)NC(=O)N1CCn2nc(-c3ccc(F)nc3F)c(C(N)=O)c2C1. The molecule has 0 spiro atoms. The minimum absolute atomic E-state index is 0.00410. The summed E-state index contributed by atoms with van der Waals surface area (Å²) in [5.74, 6) is -2.88. The predicted octanol–water partition coefficient (Wildman–Crippen LogP) is 1.65. The number of hydrogen-bond donors (Lipinski definition) is 2. The van der Waals surface area contributed by atoms with Gasteiger partial charge in [-0.1, -0.05) is 0 Å². The summed E-state index contributed by atoms with van der Waals surface area (Å²) in [7, 11) is 0. The average Bonchev–Trinajstić information content (AvgIpc) is 2.91. The fourth-order valence-corrected chi connectivity index (χ4v) is 2.93. The minimum atomic E-state index is -1.09. The summed E-state index contributed by atoms with van der Waals surface area (Å²) in [5, 5.41) is 7.11. The molecule has 3 heterocycles. The van der Waals surface area contributed by atoms with Gasteiger partial charge in [-0.2, -0.15) is 18.9 Å². The van der Waals surface area contributed by atoms with Crippen LogP contribution in [0.3, 0.4) is 0 Å². The number of rotatable bonds is 2. The van der Waals surface area contributed by atoms with Crippen molar-refractivity contribution in [1.29, 1.82) is 0 Å². The summed E-state index contributed by atoms with van der Waals surface area (Å²) in [5.41, 5.74) is 5.33.